The molecule has 0 radical (unpaired) electrons. The molecule has 1 aromatic heterocycles. The standard InChI is InChI=1S/C25H21N3/c1-28-15-13-24(23-9-4-7-18-6-2-3-8-21(18)23)22-12-11-19(16-20(22)17-28)25-10-5-14-26-27-25/h2-14,16H,15,17H2,1H3. The van der Waals surface area contributed by atoms with Gasteiger partial charge in [0, 0.05) is 24.8 Å². The highest BCUT2D eigenvalue weighted by molar-refractivity contribution is 5.98. The lowest BCUT2D eigenvalue weighted by Gasteiger charge is -2.16. The number of nitrogens with zero attached hydrogens (tertiary/aromatic N) is 3. The second-order valence-electron chi connectivity index (χ2n) is 7.32. The van der Waals surface area contributed by atoms with Crippen LogP contribution in [-0.2, 0) is 6.54 Å². The first-order chi connectivity index (χ1) is 13.8. The fourth-order valence-corrected chi connectivity index (χ4v) is 4.03. The molecule has 0 spiro atoms. The van der Waals surface area contributed by atoms with Gasteiger partial charge < -0.3 is 0 Å². The van der Waals surface area contributed by atoms with Crippen molar-refractivity contribution >= 4 is 16.3 Å². The molecule has 0 bridgehead atoms. The lowest BCUT2D eigenvalue weighted by molar-refractivity contribution is 0.366. The van der Waals surface area contributed by atoms with E-state index in [1.807, 2.05) is 12.1 Å². The highest BCUT2D eigenvalue weighted by Gasteiger charge is 2.18. The molecule has 0 saturated heterocycles. The molecule has 0 N–H and O–H groups in total. The Bertz CT molecular complexity index is 1170. The van der Waals surface area contributed by atoms with E-state index in [-0.39, 0.29) is 0 Å². The van der Waals surface area contributed by atoms with Gasteiger partial charge in [0.2, 0.25) is 0 Å². The molecule has 0 atom stereocenters. The Hall–Kier alpha value is -3.30. The van der Waals surface area contributed by atoms with Crippen molar-refractivity contribution in [2.45, 2.75) is 6.54 Å². The average molecular weight is 363 g/mol. The summed E-state index contributed by atoms with van der Waals surface area (Å²) in [6, 6.07) is 25.8. The fraction of sp³-hybridized carbons (Fsp3) is 0.120. The number of rotatable bonds is 2. The van der Waals surface area contributed by atoms with Crippen LogP contribution in [0.4, 0.5) is 0 Å². The maximum Gasteiger partial charge on any atom is 0.0929 e. The van der Waals surface area contributed by atoms with Gasteiger partial charge in [-0.2, -0.15) is 10.2 Å². The first-order valence-electron chi connectivity index (χ1n) is 9.58. The summed E-state index contributed by atoms with van der Waals surface area (Å²) in [5.74, 6) is 0. The molecule has 0 amide bonds. The van der Waals surface area contributed by atoms with Gasteiger partial charge in [-0.05, 0) is 58.3 Å². The van der Waals surface area contributed by atoms with Gasteiger partial charge in [0.05, 0.1) is 5.69 Å². The fourth-order valence-electron chi connectivity index (χ4n) is 4.03. The minimum atomic E-state index is 0.910. The van der Waals surface area contributed by atoms with Gasteiger partial charge in [-0.25, -0.2) is 0 Å². The van der Waals surface area contributed by atoms with Gasteiger partial charge in [-0.3, -0.25) is 4.90 Å². The minimum absolute atomic E-state index is 0.910. The van der Waals surface area contributed by atoms with Gasteiger partial charge in [0.25, 0.3) is 0 Å². The van der Waals surface area contributed by atoms with E-state index >= 15 is 0 Å². The maximum atomic E-state index is 4.28. The highest BCUT2D eigenvalue weighted by Crippen LogP contribution is 2.35. The summed E-state index contributed by atoms with van der Waals surface area (Å²) in [5.41, 5.74) is 7.24. The first-order valence-corrected chi connectivity index (χ1v) is 9.58. The van der Waals surface area contributed by atoms with Gasteiger partial charge >= 0.3 is 0 Å². The van der Waals surface area contributed by atoms with Gasteiger partial charge in [-0.1, -0.05) is 60.7 Å². The van der Waals surface area contributed by atoms with E-state index in [1.165, 1.54) is 33.0 Å². The molecule has 3 aromatic carbocycles. The number of fused-ring (bicyclic) bond motifs is 2. The van der Waals surface area contributed by atoms with Gasteiger partial charge in [0.15, 0.2) is 0 Å². The number of hydrogen-bond donors (Lipinski definition) is 0. The normalized spacial score (nSPS) is 14.4. The molecular formula is C25H21N3. The molecule has 1 aliphatic heterocycles. The Kier molecular flexibility index (Phi) is 4.22. The van der Waals surface area contributed by atoms with Gasteiger partial charge in [-0.15, -0.1) is 0 Å². The van der Waals surface area contributed by atoms with Crippen molar-refractivity contribution < 1.29 is 0 Å². The molecule has 0 aliphatic carbocycles. The van der Waals surface area contributed by atoms with Crippen molar-refractivity contribution in [1.29, 1.82) is 0 Å². The maximum absolute atomic E-state index is 4.28. The van der Waals surface area contributed by atoms with E-state index in [2.05, 4.69) is 88.9 Å². The van der Waals surface area contributed by atoms with Crippen LogP contribution in [0.5, 0.6) is 0 Å². The van der Waals surface area contributed by atoms with Crippen LogP contribution in [0, 0.1) is 0 Å². The zero-order valence-corrected chi connectivity index (χ0v) is 15.8. The highest BCUT2D eigenvalue weighted by atomic mass is 15.1. The quantitative estimate of drug-likeness (QED) is 0.492. The van der Waals surface area contributed by atoms with E-state index in [1.54, 1.807) is 6.20 Å². The number of aromatic nitrogens is 2. The third-order valence-corrected chi connectivity index (χ3v) is 5.39. The van der Waals surface area contributed by atoms with E-state index in [0.717, 1.165) is 24.3 Å². The van der Waals surface area contributed by atoms with Crippen LogP contribution in [0.15, 0.2) is 85.1 Å². The average Bonchev–Trinajstić information content (AvgIpc) is 2.91. The van der Waals surface area contributed by atoms with Crippen molar-refractivity contribution in [3.63, 3.8) is 0 Å². The van der Waals surface area contributed by atoms with Crippen molar-refractivity contribution in [1.82, 2.24) is 15.1 Å². The SMILES string of the molecule is CN1CC=C(c2cccc3ccccc23)c2ccc(-c3cccnn3)cc2C1. The van der Waals surface area contributed by atoms with Crippen LogP contribution in [0.3, 0.4) is 0 Å². The Balaban J connectivity index is 1.69. The van der Waals surface area contributed by atoms with E-state index in [9.17, 15) is 0 Å². The Labute approximate surface area is 165 Å². The third kappa shape index (κ3) is 3.00. The van der Waals surface area contributed by atoms with Crippen molar-refractivity contribution in [3.8, 4) is 11.3 Å². The van der Waals surface area contributed by atoms with Crippen LogP contribution in [0.1, 0.15) is 16.7 Å². The summed E-state index contributed by atoms with van der Waals surface area (Å²) in [6.45, 7) is 1.84. The molecule has 2 heterocycles. The number of likely N-dealkylation sites (N-methyl/N-ethyl adjacent to an activating group) is 1. The molecule has 1 aliphatic rings. The molecule has 28 heavy (non-hydrogen) atoms. The monoisotopic (exact) mass is 363 g/mol. The predicted octanol–water partition coefficient (Wildman–Crippen LogP) is 5.17. The Morgan fingerprint density at radius 1 is 0.857 bits per heavy atom. The van der Waals surface area contributed by atoms with E-state index in [4.69, 9.17) is 0 Å². The summed E-state index contributed by atoms with van der Waals surface area (Å²) in [4.78, 5) is 2.34. The first kappa shape index (κ1) is 16.8. The molecule has 5 rings (SSSR count). The lowest BCUT2D eigenvalue weighted by Crippen LogP contribution is -2.16. The Morgan fingerprint density at radius 3 is 2.64 bits per heavy atom. The zero-order valence-electron chi connectivity index (χ0n) is 15.8. The van der Waals surface area contributed by atoms with Crippen LogP contribution in [0.2, 0.25) is 0 Å². The second kappa shape index (κ2) is 7.02. The van der Waals surface area contributed by atoms with Crippen molar-refractivity contribution in [2.75, 3.05) is 13.6 Å². The molecule has 0 fully saturated rings. The molecule has 136 valence electrons. The van der Waals surface area contributed by atoms with E-state index in [0.29, 0.717) is 0 Å². The Morgan fingerprint density at radius 2 is 1.75 bits per heavy atom. The zero-order chi connectivity index (χ0) is 18.9. The predicted molar refractivity (Wildman–Crippen MR) is 115 cm³/mol. The lowest BCUT2D eigenvalue weighted by atomic mass is 9.89. The molecular weight excluding hydrogens is 342 g/mol. The smallest absolute Gasteiger partial charge is 0.0929 e. The molecule has 3 heteroatoms. The third-order valence-electron chi connectivity index (χ3n) is 5.39. The summed E-state index contributed by atoms with van der Waals surface area (Å²) in [5, 5.41) is 10.9. The summed E-state index contributed by atoms with van der Waals surface area (Å²) < 4.78 is 0. The molecule has 0 unspecified atom stereocenters. The van der Waals surface area contributed by atoms with Crippen molar-refractivity contribution in [2.24, 2.45) is 0 Å². The molecule has 3 nitrogen and oxygen atoms in total. The molecule has 4 aromatic rings. The van der Waals surface area contributed by atoms with Crippen LogP contribution in [-0.4, -0.2) is 28.7 Å². The number of hydrogen-bond acceptors (Lipinski definition) is 3. The van der Waals surface area contributed by atoms with Crippen LogP contribution >= 0.6 is 0 Å². The van der Waals surface area contributed by atoms with Crippen LogP contribution in [0.25, 0.3) is 27.6 Å². The van der Waals surface area contributed by atoms with Crippen molar-refractivity contribution in [3.05, 3.63) is 102 Å². The van der Waals surface area contributed by atoms with Crippen LogP contribution < -0.4 is 0 Å². The van der Waals surface area contributed by atoms with Gasteiger partial charge in [0.1, 0.15) is 0 Å². The minimum Gasteiger partial charge on any atom is -0.298 e. The summed E-state index contributed by atoms with van der Waals surface area (Å²) in [6.07, 6.45) is 4.07. The topological polar surface area (TPSA) is 29.0 Å². The van der Waals surface area contributed by atoms with E-state index < -0.39 is 0 Å². The summed E-state index contributed by atoms with van der Waals surface area (Å²) >= 11 is 0. The number of benzene rings is 3. The second-order valence-corrected chi connectivity index (χ2v) is 7.32. The summed E-state index contributed by atoms with van der Waals surface area (Å²) in [7, 11) is 2.17. The molecule has 0 saturated carbocycles. The largest absolute Gasteiger partial charge is 0.298 e.